The molecular weight excluding hydrogens is 609 g/mol. The maximum absolute atomic E-state index is 6.18. The van der Waals surface area contributed by atoms with Crippen LogP contribution >= 0.6 is 11.3 Å². The van der Waals surface area contributed by atoms with Crippen LogP contribution in [0.4, 0.5) is 16.5 Å². The lowest BCUT2D eigenvalue weighted by atomic mass is 9.97. The van der Waals surface area contributed by atoms with E-state index in [0.29, 0.717) is 0 Å². The van der Waals surface area contributed by atoms with Crippen molar-refractivity contribution < 1.29 is 8.83 Å². The van der Waals surface area contributed by atoms with Gasteiger partial charge in [0.2, 0.25) is 0 Å². The van der Waals surface area contributed by atoms with Crippen molar-refractivity contribution in [1.82, 2.24) is 4.98 Å². The standard InChI is InChI=1S/C43H26N2O2S/c1-3-11-29(12-4-1)45(30-13-5-2-6-14-30)43-44-41-31(27-19-23-39-35(25-27)33-15-7-9-17-37(33)46-39)21-22-32(42(41)48-43)28-20-24-40-36(26-28)34-16-8-10-18-38(34)47-40/h1-26H. The Morgan fingerprint density at radius 1 is 0.438 bits per heavy atom. The number of aromatic nitrogens is 1. The van der Waals surface area contributed by atoms with E-state index in [-0.39, 0.29) is 0 Å². The first-order valence-electron chi connectivity index (χ1n) is 16.0. The van der Waals surface area contributed by atoms with Crippen molar-refractivity contribution in [3.8, 4) is 22.3 Å². The average molecular weight is 635 g/mol. The third kappa shape index (κ3) is 4.25. The third-order valence-electron chi connectivity index (χ3n) is 9.13. The van der Waals surface area contributed by atoms with Crippen molar-refractivity contribution in [1.29, 1.82) is 0 Å². The zero-order valence-corrected chi connectivity index (χ0v) is 26.4. The Hall–Kier alpha value is -6.17. The highest BCUT2D eigenvalue weighted by Crippen LogP contribution is 2.46. The van der Waals surface area contributed by atoms with Gasteiger partial charge in [0, 0.05) is 44.0 Å². The molecule has 0 unspecified atom stereocenters. The van der Waals surface area contributed by atoms with E-state index in [1.54, 1.807) is 11.3 Å². The Morgan fingerprint density at radius 2 is 0.917 bits per heavy atom. The molecule has 3 heterocycles. The summed E-state index contributed by atoms with van der Waals surface area (Å²) < 4.78 is 13.5. The van der Waals surface area contributed by atoms with Gasteiger partial charge in [0.25, 0.3) is 0 Å². The van der Waals surface area contributed by atoms with Gasteiger partial charge in [0.1, 0.15) is 22.3 Å². The van der Waals surface area contributed by atoms with E-state index in [4.69, 9.17) is 13.8 Å². The first kappa shape index (κ1) is 27.0. The van der Waals surface area contributed by atoms with Crippen LogP contribution in [0.3, 0.4) is 0 Å². The van der Waals surface area contributed by atoms with E-state index >= 15 is 0 Å². The molecule has 48 heavy (non-hydrogen) atoms. The molecule has 0 bridgehead atoms. The lowest BCUT2D eigenvalue weighted by Gasteiger charge is -2.22. The Kier molecular flexibility index (Phi) is 6.01. The van der Waals surface area contributed by atoms with Crippen LogP contribution in [0.25, 0.3) is 76.3 Å². The lowest BCUT2D eigenvalue weighted by molar-refractivity contribution is 0.668. The molecule has 0 spiro atoms. The predicted octanol–water partition coefficient (Wildman–Crippen LogP) is 12.9. The topological polar surface area (TPSA) is 42.4 Å². The Labute approximate surface area is 279 Å². The smallest absolute Gasteiger partial charge is 0.195 e. The number of fused-ring (bicyclic) bond motifs is 7. The number of anilines is 3. The highest BCUT2D eigenvalue weighted by atomic mass is 32.1. The van der Waals surface area contributed by atoms with Crippen LogP contribution in [0.2, 0.25) is 0 Å². The molecular formula is C43H26N2O2S. The number of furan rings is 2. The molecule has 0 amide bonds. The minimum absolute atomic E-state index is 0.881. The lowest BCUT2D eigenvalue weighted by Crippen LogP contribution is -2.09. The van der Waals surface area contributed by atoms with Crippen LogP contribution in [0, 0.1) is 0 Å². The molecule has 0 saturated carbocycles. The first-order valence-corrected chi connectivity index (χ1v) is 16.8. The summed E-state index contributed by atoms with van der Waals surface area (Å²) >= 11 is 1.72. The van der Waals surface area contributed by atoms with Crippen LogP contribution in [0.1, 0.15) is 0 Å². The Morgan fingerprint density at radius 3 is 1.50 bits per heavy atom. The van der Waals surface area contributed by atoms with Crippen LogP contribution in [0.5, 0.6) is 0 Å². The second kappa shape index (κ2) is 10.7. The molecule has 7 aromatic carbocycles. The van der Waals surface area contributed by atoms with Crippen molar-refractivity contribution in [3.63, 3.8) is 0 Å². The summed E-state index contributed by atoms with van der Waals surface area (Å²) in [5.74, 6) is 0. The number of benzene rings is 7. The van der Waals surface area contributed by atoms with Crippen LogP contribution in [-0.4, -0.2) is 4.98 Å². The fourth-order valence-electron chi connectivity index (χ4n) is 6.86. The van der Waals surface area contributed by atoms with Crippen molar-refractivity contribution in [3.05, 3.63) is 158 Å². The van der Waals surface area contributed by atoms with E-state index < -0.39 is 0 Å². The molecule has 0 N–H and O–H groups in total. The maximum Gasteiger partial charge on any atom is 0.195 e. The third-order valence-corrected chi connectivity index (χ3v) is 10.2. The summed E-state index contributed by atoms with van der Waals surface area (Å²) in [7, 11) is 0. The molecule has 0 atom stereocenters. The van der Waals surface area contributed by atoms with Gasteiger partial charge >= 0.3 is 0 Å². The van der Waals surface area contributed by atoms with E-state index in [9.17, 15) is 0 Å². The number of nitrogens with zero attached hydrogens (tertiary/aromatic N) is 2. The molecule has 3 aromatic heterocycles. The number of rotatable bonds is 5. The summed E-state index contributed by atoms with van der Waals surface area (Å²) in [5, 5.41) is 5.34. The van der Waals surface area contributed by atoms with Crippen LogP contribution in [-0.2, 0) is 0 Å². The van der Waals surface area contributed by atoms with Gasteiger partial charge in [-0.3, -0.25) is 4.90 Å². The molecule has 0 aliphatic carbocycles. The summed E-state index contributed by atoms with van der Waals surface area (Å²) in [6, 6.07) is 54.8. The summed E-state index contributed by atoms with van der Waals surface area (Å²) in [5.41, 5.74) is 11.1. The molecule has 0 aliphatic heterocycles. The zero-order valence-electron chi connectivity index (χ0n) is 25.6. The van der Waals surface area contributed by atoms with E-state index in [1.807, 2.05) is 36.4 Å². The van der Waals surface area contributed by atoms with Gasteiger partial charge < -0.3 is 8.83 Å². The van der Waals surface area contributed by atoms with Gasteiger partial charge in [-0.05, 0) is 71.8 Å². The summed E-state index contributed by atoms with van der Waals surface area (Å²) in [4.78, 5) is 7.71. The fraction of sp³-hybridized carbons (Fsp3) is 0. The first-order chi connectivity index (χ1) is 23.8. The molecule has 10 aromatic rings. The number of para-hydroxylation sites is 4. The van der Waals surface area contributed by atoms with Crippen molar-refractivity contribution >= 4 is 81.9 Å². The van der Waals surface area contributed by atoms with E-state index in [0.717, 1.165) is 92.9 Å². The SMILES string of the molecule is c1ccc(N(c2ccccc2)c2nc3c(-c4ccc5oc6ccccc6c5c4)ccc(-c4ccc5oc6ccccc6c5c4)c3s2)cc1. The second-order valence-electron chi connectivity index (χ2n) is 12.0. The molecule has 5 heteroatoms. The second-order valence-corrected chi connectivity index (χ2v) is 12.9. The summed E-state index contributed by atoms with van der Waals surface area (Å²) in [6.45, 7) is 0. The normalized spacial score (nSPS) is 11.8. The fourth-order valence-corrected chi connectivity index (χ4v) is 8.03. The Bertz CT molecular complexity index is 2600. The molecule has 0 saturated heterocycles. The van der Waals surface area contributed by atoms with E-state index in [1.165, 1.54) is 0 Å². The quantitative estimate of drug-likeness (QED) is 0.189. The van der Waals surface area contributed by atoms with Crippen molar-refractivity contribution in [2.45, 2.75) is 0 Å². The summed E-state index contributed by atoms with van der Waals surface area (Å²) in [6.07, 6.45) is 0. The minimum Gasteiger partial charge on any atom is -0.456 e. The molecule has 0 fully saturated rings. The van der Waals surface area contributed by atoms with Gasteiger partial charge in [-0.2, -0.15) is 0 Å². The molecule has 0 aliphatic rings. The number of thiazole rings is 1. The van der Waals surface area contributed by atoms with Crippen LogP contribution < -0.4 is 4.90 Å². The van der Waals surface area contributed by atoms with Gasteiger partial charge in [-0.15, -0.1) is 0 Å². The van der Waals surface area contributed by atoms with Crippen LogP contribution in [0.15, 0.2) is 167 Å². The monoisotopic (exact) mass is 634 g/mol. The van der Waals surface area contributed by atoms with Crippen molar-refractivity contribution in [2.75, 3.05) is 4.90 Å². The highest BCUT2D eigenvalue weighted by molar-refractivity contribution is 7.23. The largest absolute Gasteiger partial charge is 0.456 e. The van der Waals surface area contributed by atoms with Gasteiger partial charge in [0.05, 0.1) is 10.2 Å². The van der Waals surface area contributed by atoms with Gasteiger partial charge in [0.15, 0.2) is 5.13 Å². The van der Waals surface area contributed by atoms with E-state index in [2.05, 4.69) is 126 Å². The highest BCUT2D eigenvalue weighted by Gasteiger charge is 2.22. The average Bonchev–Trinajstić information content (AvgIpc) is 3.85. The molecule has 10 rings (SSSR count). The van der Waals surface area contributed by atoms with Gasteiger partial charge in [-0.1, -0.05) is 108 Å². The number of hydrogen-bond acceptors (Lipinski definition) is 5. The molecule has 226 valence electrons. The van der Waals surface area contributed by atoms with Crippen molar-refractivity contribution in [2.24, 2.45) is 0 Å². The minimum atomic E-state index is 0.881. The molecule has 0 radical (unpaired) electrons. The maximum atomic E-state index is 6.18. The van der Waals surface area contributed by atoms with Gasteiger partial charge in [-0.25, -0.2) is 4.98 Å². The zero-order chi connectivity index (χ0) is 31.6. The predicted molar refractivity (Wildman–Crippen MR) is 200 cm³/mol. The number of hydrogen-bond donors (Lipinski definition) is 0. The Balaban J connectivity index is 1.23. The molecule has 4 nitrogen and oxygen atoms in total.